The normalized spacial score (nSPS) is 10.4. The Labute approximate surface area is 93.7 Å². The first-order chi connectivity index (χ1) is 7.50. The average Bonchev–Trinajstić information content (AvgIpc) is 2.21. The van der Waals surface area contributed by atoms with Crippen molar-refractivity contribution in [2.45, 2.75) is 19.9 Å². The molecule has 0 aliphatic heterocycles. The van der Waals surface area contributed by atoms with Gasteiger partial charge in [-0.25, -0.2) is 4.79 Å². The number of aromatic hydroxyl groups is 2. The van der Waals surface area contributed by atoms with Crippen molar-refractivity contribution < 1.29 is 19.7 Å². The van der Waals surface area contributed by atoms with Gasteiger partial charge in [0, 0.05) is 6.04 Å². The molecule has 0 aliphatic rings. The predicted octanol–water partition coefficient (Wildman–Crippen LogP) is 1.21. The molecule has 0 aromatic heterocycles. The zero-order valence-electron chi connectivity index (χ0n) is 9.23. The molecule has 0 radical (unpaired) electrons. The Morgan fingerprint density at radius 2 is 2.06 bits per heavy atom. The summed E-state index contributed by atoms with van der Waals surface area (Å²) in [7, 11) is 0. The van der Waals surface area contributed by atoms with E-state index >= 15 is 0 Å². The fraction of sp³-hybridized carbons (Fsp3) is 0.364. The number of phenols is 2. The molecule has 1 rings (SSSR count). The van der Waals surface area contributed by atoms with Crippen LogP contribution < -0.4 is 5.32 Å². The van der Waals surface area contributed by atoms with E-state index in [0.717, 1.165) is 6.07 Å². The van der Waals surface area contributed by atoms with Crippen LogP contribution >= 0.6 is 0 Å². The van der Waals surface area contributed by atoms with E-state index in [0.29, 0.717) is 0 Å². The minimum atomic E-state index is -0.552. The quantitative estimate of drug-likeness (QED) is 0.408. The summed E-state index contributed by atoms with van der Waals surface area (Å²) in [5.74, 6) is -1.16. The maximum absolute atomic E-state index is 11.4. The highest BCUT2D eigenvalue weighted by Crippen LogP contribution is 2.24. The van der Waals surface area contributed by atoms with E-state index in [-0.39, 0.29) is 29.8 Å². The predicted molar refractivity (Wildman–Crippen MR) is 58.3 cm³/mol. The van der Waals surface area contributed by atoms with E-state index in [1.54, 1.807) is 0 Å². The van der Waals surface area contributed by atoms with Crippen molar-refractivity contribution in [2.75, 3.05) is 6.73 Å². The summed E-state index contributed by atoms with van der Waals surface area (Å²) in [4.78, 5) is 11.4. The fourth-order valence-corrected chi connectivity index (χ4v) is 1.01. The Balaban J connectivity index is 2.56. The number of phenolic OH excluding ortho intramolecular Hbond substituents is 2. The molecule has 16 heavy (non-hydrogen) atoms. The highest BCUT2D eigenvalue weighted by Gasteiger charge is 2.09. The van der Waals surface area contributed by atoms with Crippen molar-refractivity contribution in [1.82, 2.24) is 5.32 Å². The number of nitrogens with one attached hydrogen (secondary N) is 1. The Kier molecular flexibility index (Phi) is 4.13. The second-order valence-electron chi connectivity index (χ2n) is 3.64. The highest BCUT2D eigenvalue weighted by atomic mass is 16.5. The molecule has 5 heteroatoms. The van der Waals surface area contributed by atoms with Crippen molar-refractivity contribution in [3.05, 3.63) is 23.8 Å². The van der Waals surface area contributed by atoms with Gasteiger partial charge in [0.2, 0.25) is 0 Å². The van der Waals surface area contributed by atoms with Gasteiger partial charge in [-0.05, 0) is 32.0 Å². The maximum atomic E-state index is 11.4. The van der Waals surface area contributed by atoms with Gasteiger partial charge in [0.05, 0.1) is 5.56 Å². The molecule has 0 heterocycles. The Hall–Kier alpha value is -1.75. The van der Waals surface area contributed by atoms with Crippen LogP contribution in [-0.2, 0) is 4.74 Å². The van der Waals surface area contributed by atoms with Crippen LogP contribution in [0.4, 0.5) is 0 Å². The van der Waals surface area contributed by atoms with Gasteiger partial charge in [-0.1, -0.05) is 0 Å². The van der Waals surface area contributed by atoms with Crippen LogP contribution in [0.5, 0.6) is 11.5 Å². The van der Waals surface area contributed by atoms with Crippen LogP contribution in [0.1, 0.15) is 24.2 Å². The van der Waals surface area contributed by atoms with E-state index in [2.05, 4.69) is 5.32 Å². The third kappa shape index (κ3) is 3.43. The molecule has 0 unspecified atom stereocenters. The van der Waals surface area contributed by atoms with Crippen LogP contribution in [0, 0.1) is 0 Å². The zero-order valence-corrected chi connectivity index (χ0v) is 9.23. The lowest BCUT2D eigenvalue weighted by molar-refractivity contribution is 0.0462. The minimum Gasteiger partial charge on any atom is -0.504 e. The van der Waals surface area contributed by atoms with Crippen molar-refractivity contribution >= 4 is 5.97 Å². The molecular weight excluding hydrogens is 210 g/mol. The number of esters is 1. The van der Waals surface area contributed by atoms with Crippen LogP contribution in [-0.4, -0.2) is 29.0 Å². The van der Waals surface area contributed by atoms with Gasteiger partial charge in [-0.15, -0.1) is 0 Å². The van der Waals surface area contributed by atoms with Gasteiger partial charge in [0.15, 0.2) is 11.5 Å². The number of carbonyl (C=O) groups excluding carboxylic acids is 1. The molecular formula is C11H15NO4. The standard InChI is InChI=1S/C11H15NO4/c1-7(2)12-6-16-11(15)8-3-4-9(13)10(14)5-8/h3-5,7,12-14H,6H2,1-2H3. The van der Waals surface area contributed by atoms with Crippen molar-refractivity contribution in [3.8, 4) is 11.5 Å². The summed E-state index contributed by atoms with van der Waals surface area (Å²) in [5, 5.41) is 21.2. The molecule has 0 atom stereocenters. The SMILES string of the molecule is CC(C)NCOC(=O)c1ccc(O)c(O)c1. The highest BCUT2D eigenvalue weighted by molar-refractivity contribution is 5.90. The second kappa shape index (κ2) is 5.37. The molecule has 0 saturated heterocycles. The molecule has 0 spiro atoms. The lowest BCUT2D eigenvalue weighted by atomic mass is 10.2. The fourth-order valence-electron chi connectivity index (χ4n) is 1.01. The van der Waals surface area contributed by atoms with E-state index < -0.39 is 5.97 Å². The summed E-state index contributed by atoms with van der Waals surface area (Å²) in [6.07, 6.45) is 0. The molecule has 0 fully saturated rings. The van der Waals surface area contributed by atoms with E-state index in [1.807, 2.05) is 13.8 Å². The third-order valence-electron chi connectivity index (χ3n) is 1.91. The van der Waals surface area contributed by atoms with Gasteiger partial charge in [-0.3, -0.25) is 5.32 Å². The van der Waals surface area contributed by atoms with Crippen molar-refractivity contribution in [1.29, 1.82) is 0 Å². The average molecular weight is 225 g/mol. The molecule has 1 aromatic rings. The van der Waals surface area contributed by atoms with E-state index in [1.165, 1.54) is 12.1 Å². The van der Waals surface area contributed by atoms with Crippen molar-refractivity contribution in [2.24, 2.45) is 0 Å². The lowest BCUT2D eigenvalue weighted by Gasteiger charge is -2.09. The summed E-state index contributed by atoms with van der Waals surface area (Å²) < 4.78 is 4.89. The molecule has 3 N–H and O–H groups in total. The monoisotopic (exact) mass is 225 g/mol. The van der Waals surface area contributed by atoms with E-state index in [4.69, 9.17) is 9.84 Å². The number of hydrogen-bond donors (Lipinski definition) is 3. The Bertz CT molecular complexity index is 376. The number of benzene rings is 1. The van der Waals surface area contributed by atoms with Gasteiger partial charge >= 0.3 is 5.97 Å². The summed E-state index contributed by atoms with van der Waals surface area (Å²) in [6.45, 7) is 3.97. The number of carbonyl (C=O) groups is 1. The first kappa shape index (κ1) is 12.3. The Morgan fingerprint density at radius 3 is 2.62 bits per heavy atom. The maximum Gasteiger partial charge on any atom is 0.339 e. The largest absolute Gasteiger partial charge is 0.504 e. The molecule has 5 nitrogen and oxygen atoms in total. The Morgan fingerprint density at radius 1 is 1.38 bits per heavy atom. The summed E-state index contributed by atoms with van der Waals surface area (Å²) in [6, 6.07) is 4.00. The van der Waals surface area contributed by atoms with Gasteiger partial charge in [-0.2, -0.15) is 0 Å². The van der Waals surface area contributed by atoms with Crippen molar-refractivity contribution in [3.63, 3.8) is 0 Å². The molecule has 0 amide bonds. The van der Waals surface area contributed by atoms with Crippen LogP contribution in [0.3, 0.4) is 0 Å². The summed E-state index contributed by atoms with van der Waals surface area (Å²) in [5.41, 5.74) is 0.195. The lowest BCUT2D eigenvalue weighted by Crippen LogP contribution is -2.27. The summed E-state index contributed by atoms with van der Waals surface area (Å²) >= 11 is 0. The zero-order chi connectivity index (χ0) is 12.1. The number of rotatable bonds is 4. The van der Waals surface area contributed by atoms with Crippen LogP contribution in [0.25, 0.3) is 0 Å². The molecule has 0 bridgehead atoms. The topological polar surface area (TPSA) is 78.8 Å². The van der Waals surface area contributed by atoms with Crippen LogP contribution in [0.2, 0.25) is 0 Å². The van der Waals surface area contributed by atoms with E-state index in [9.17, 15) is 9.90 Å². The first-order valence-electron chi connectivity index (χ1n) is 4.93. The molecule has 1 aromatic carbocycles. The number of ether oxygens (including phenoxy) is 1. The van der Waals surface area contributed by atoms with Gasteiger partial charge < -0.3 is 14.9 Å². The first-order valence-corrected chi connectivity index (χ1v) is 4.93. The van der Waals surface area contributed by atoms with Crippen LogP contribution in [0.15, 0.2) is 18.2 Å². The third-order valence-corrected chi connectivity index (χ3v) is 1.91. The second-order valence-corrected chi connectivity index (χ2v) is 3.64. The van der Waals surface area contributed by atoms with Gasteiger partial charge in [0.1, 0.15) is 6.73 Å². The number of hydrogen-bond acceptors (Lipinski definition) is 5. The molecule has 88 valence electrons. The molecule has 0 aliphatic carbocycles. The minimum absolute atomic E-state index is 0.109. The molecule has 0 saturated carbocycles. The smallest absolute Gasteiger partial charge is 0.339 e. The van der Waals surface area contributed by atoms with Gasteiger partial charge in [0.25, 0.3) is 0 Å².